The molecular weight excluding hydrogens is 427 g/mol. The Morgan fingerprint density at radius 1 is 1.10 bits per heavy atom. The topological polar surface area (TPSA) is 97.8 Å². The Bertz CT molecular complexity index is 1320. The number of anilines is 1. The molecule has 0 aliphatic heterocycles. The van der Waals surface area contributed by atoms with E-state index < -0.39 is 17.5 Å². The lowest BCUT2D eigenvalue weighted by Crippen LogP contribution is -2.17. The second-order valence-electron chi connectivity index (χ2n) is 6.73. The molecule has 31 heavy (non-hydrogen) atoms. The largest absolute Gasteiger partial charge is 0.434 e. The van der Waals surface area contributed by atoms with Crippen LogP contribution in [0.2, 0.25) is 0 Å². The van der Waals surface area contributed by atoms with Gasteiger partial charge in [-0.15, -0.1) is 11.3 Å². The van der Waals surface area contributed by atoms with Crippen molar-refractivity contribution in [2.45, 2.75) is 18.7 Å². The van der Waals surface area contributed by atoms with Crippen molar-refractivity contribution < 1.29 is 18.3 Å². The maximum Gasteiger partial charge on any atom is 0.434 e. The number of halogens is 3. The zero-order valence-electron chi connectivity index (χ0n) is 16.0. The van der Waals surface area contributed by atoms with Crippen LogP contribution >= 0.6 is 11.3 Å². The van der Waals surface area contributed by atoms with Crippen LogP contribution in [0, 0.1) is 11.8 Å². The predicted octanol–water partition coefficient (Wildman–Crippen LogP) is 4.01. The third kappa shape index (κ3) is 4.19. The molecule has 0 aliphatic rings. The average molecular weight is 441 g/mol. The Labute approximate surface area is 178 Å². The van der Waals surface area contributed by atoms with Gasteiger partial charge in [0.25, 0.3) is 0 Å². The SMILES string of the molecule is CC(O)(C#Cc1cccc(-c2nc(C(F)(F)F)c3ccnc(N)c3n2)c1)c1nccs1. The molecule has 156 valence electrons. The molecule has 0 saturated heterocycles. The summed E-state index contributed by atoms with van der Waals surface area (Å²) in [4.78, 5) is 15.8. The van der Waals surface area contributed by atoms with E-state index >= 15 is 0 Å². The van der Waals surface area contributed by atoms with E-state index in [-0.39, 0.29) is 22.5 Å². The number of aliphatic hydroxyl groups is 1. The summed E-state index contributed by atoms with van der Waals surface area (Å²) in [6, 6.07) is 7.57. The quantitative estimate of drug-likeness (QED) is 0.456. The number of nitrogen functional groups attached to an aromatic ring is 1. The van der Waals surface area contributed by atoms with E-state index in [9.17, 15) is 18.3 Å². The number of rotatable bonds is 2. The Hall–Kier alpha value is -3.55. The highest BCUT2D eigenvalue weighted by molar-refractivity contribution is 7.09. The van der Waals surface area contributed by atoms with Gasteiger partial charge in [0.2, 0.25) is 0 Å². The molecule has 0 bridgehead atoms. The van der Waals surface area contributed by atoms with Crippen molar-refractivity contribution in [3.63, 3.8) is 0 Å². The van der Waals surface area contributed by atoms with Crippen LogP contribution in [0.3, 0.4) is 0 Å². The molecule has 0 radical (unpaired) electrons. The van der Waals surface area contributed by atoms with Gasteiger partial charge in [-0.2, -0.15) is 13.2 Å². The standard InChI is InChI=1S/C21H14F3N5OS/c1-20(30,19-27-9-10-31-19)7-5-12-3-2-4-13(11-12)18-28-15-14(6-8-26-17(15)25)16(29-18)21(22,23)24/h2-4,6,8-11,30H,1H3,(H2,25,26). The number of pyridine rings is 1. The molecule has 3 aromatic heterocycles. The molecule has 6 nitrogen and oxygen atoms in total. The molecule has 0 spiro atoms. The van der Waals surface area contributed by atoms with Gasteiger partial charge >= 0.3 is 6.18 Å². The molecular formula is C21H14F3N5OS. The molecule has 4 rings (SSSR count). The van der Waals surface area contributed by atoms with Crippen LogP contribution in [0.4, 0.5) is 19.0 Å². The summed E-state index contributed by atoms with van der Waals surface area (Å²) in [5, 5.41) is 12.4. The molecule has 10 heteroatoms. The Morgan fingerprint density at radius 2 is 1.90 bits per heavy atom. The van der Waals surface area contributed by atoms with Gasteiger partial charge in [0.15, 0.2) is 17.1 Å². The molecule has 0 amide bonds. The summed E-state index contributed by atoms with van der Waals surface area (Å²) in [5.74, 6) is 5.28. The van der Waals surface area contributed by atoms with Gasteiger partial charge in [-0.05, 0) is 25.1 Å². The first-order valence-electron chi connectivity index (χ1n) is 8.90. The van der Waals surface area contributed by atoms with E-state index in [1.807, 2.05) is 0 Å². The number of alkyl halides is 3. The fourth-order valence-corrected chi connectivity index (χ4v) is 3.52. The minimum absolute atomic E-state index is 0.0805. The molecule has 3 N–H and O–H groups in total. The fourth-order valence-electron chi connectivity index (χ4n) is 2.87. The molecule has 1 unspecified atom stereocenters. The highest BCUT2D eigenvalue weighted by Gasteiger charge is 2.36. The zero-order chi connectivity index (χ0) is 22.2. The van der Waals surface area contributed by atoms with E-state index in [4.69, 9.17) is 5.73 Å². The Balaban J connectivity index is 1.80. The maximum atomic E-state index is 13.6. The van der Waals surface area contributed by atoms with Gasteiger partial charge in [-0.25, -0.2) is 19.9 Å². The van der Waals surface area contributed by atoms with Crippen molar-refractivity contribution in [2.75, 3.05) is 5.73 Å². The number of aromatic nitrogens is 4. The van der Waals surface area contributed by atoms with Gasteiger partial charge in [0.1, 0.15) is 16.3 Å². The van der Waals surface area contributed by atoms with E-state index in [1.165, 1.54) is 30.5 Å². The van der Waals surface area contributed by atoms with Crippen LogP contribution in [0.1, 0.15) is 23.2 Å². The van der Waals surface area contributed by atoms with Crippen LogP contribution in [0.15, 0.2) is 48.1 Å². The highest BCUT2D eigenvalue weighted by atomic mass is 32.1. The lowest BCUT2D eigenvalue weighted by Gasteiger charge is -2.13. The first kappa shape index (κ1) is 20.7. The molecule has 1 atom stereocenters. The number of nitrogens with two attached hydrogens (primary N) is 1. The van der Waals surface area contributed by atoms with Gasteiger partial charge in [-0.3, -0.25) is 0 Å². The third-order valence-electron chi connectivity index (χ3n) is 4.33. The second-order valence-corrected chi connectivity index (χ2v) is 7.62. The first-order chi connectivity index (χ1) is 14.6. The highest BCUT2D eigenvalue weighted by Crippen LogP contribution is 2.35. The predicted molar refractivity (Wildman–Crippen MR) is 111 cm³/mol. The summed E-state index contributed by atoms with van der Waals surface area (Å²) in [7, 11) is 0. The van der Waals surface area contributed by atoms with Crippen LogP contribution in [-0.2, 0) is 11.8 Å². The van der Waals surface area contributed by atoms with Crippen molar-refractivity contribution in [3.05, 3.63) is 64.4 Å². The van der Waals surface area contributed by atoms with E-state index in [0.29, 0.717) is 16.1 Å². The summed E-state index contributed by atoms with van der Waals surface area (Å²) in [6.07, 6.45) is -1.96. The van der Waals surface area contributed by atoms with E-state index in [2.05, 4.69) is 31.8 Å². The zero-order valence-corrected chi connectivity index (χ0v) is 16.8. The number of thiazole rings is 1. The first-order valence-corrected chi connectivity index (χ1v) is 9.78. The second kappa shape index (κ2) is 7.61. The smallest absolute Gasteiger partial charge is 0.382 e. The molecule has 3 heterocycles. The summed E-state index contributed by atoms with van der Waals surface area (Å²) in [5.41, 5.74) is 3.90. The number of fused-ring (bicyclic) bond motifs is 1. The van der Waals surface area contributed by atoms with Crippen molar-refractivity contribution in [3.8, 4) is 23.2 Å². The number of hydrogen-bond acceptors (Lipinski definition) is 7. The van der Waals surface area contributed by atoms with Crippen LogP contribution in [0.5, 0.6) is 0 Å². The van der Waals surface area contributed by atoms with Crippen LogP contribution in [0.25, 0.3) is 22.3 Å². The van der Waals surface area contributed by atoms with Crippen molar-refractivity contribution in [1.29, 1.82) is 0 Å². The minimum atomic E-state index is -4.70. The molecule has 0 aliphatic carbocycles. The maximum absolute atomic E-state index is 13.6. The van der Waals surface area contributed by atoms with Gasteiger partial charge < -0.3 is 10.8 Å². The monoisotopic (exact) mass is 441 g/mol. The fraction of sp³-hybridized carbons (Fsp3) is 0.143. The van der Waals surface area contributed by atoms with Crippen molar-refractivity contribution in [1.82, 2.24) is 19.9 Å². The normalized spacial score (nSPS) is 13.5. The molecule has 4 aromatic rings. The lowest BCUT2D eigenvalue weighted by atomic mass is 10.1. The molecule has 0 saturated carbocycles. The lowest BCUT2D eigenvalue weighted by molar-refractivity contribution is -0.139. The van der Waals surface area contributed by atoms with Crippen molar-refractivity contribution in [2.24, 2.45) is 0 Å². The van der Waals surface area contributed by atoms with Crippen molar-refractivity contribution >= 4 is 28.1 Å². The Kier molecular flexibility index (Phi) is 5.08. The molecule has 0 fully saturated rings. The summed E-state index contributed by atoms with van der Waals surface area (Å²) >= 11 is 1.26. The number of hydrogen-bond donors (Lipinski definition) is 2. The van der Waals surface area contributed by atoms with Gasteiger partial charge in [0.05, 0.1) is 0 Å². The Morgan fingerprint density at radius 3 is 2.61 bits per heavy atom. The van der Waals surface area contributed by atoms with Crippen LogP contribution in [-0.4, -0.2) is 25.0 Å². The molecule has 1 aromatic carbocycles. The average Bonchev–Trinajstić information content (AvgIpc) is 3.28. The third-order valence-corrected chi connectivity index (χ3v) is 5.32. The van der Waals surface area contributed by atoms with Gasteiger partial charge in [-0.1, -0.05) is 24.0 Å². The number of benzene rings is 1. The summed E-state index contributed by atoms with van der Waals surface area (Å²) in [6.45, 7) is 1.51. The van der Waals surface area contributed by atoms with Crippen LogP contribution < -0.4 is 5.73 Å². The summed E-state index contributed by atoms with van der Waals surface area (Å²) < 4.78 is 40.8. The minimum Gasteiger partial charge on any atom is -0.382 e. The number of nitrogens with zero attached hydrogens (tertiary/aromatic N) is 4. The van der Waals surface area contributed by atoms with E-state index in [0.717, 1.165) is 0 Å². The van der Waals surface area contributed by atoms with E-state index in [1.54, 1.807) is 35.8 Å². The van der Waals surface area contributed by atoms with Gasteiger partial charge in [0, 0.05) is 34.3 Å².